The summed E-state index contributed by atoms with van der Waals surface area (Å²) in [5.74, 6) is 0. The molecule has 6 heteroatoms. The minimum absolute atomic E-state index is 0.256. The zero-order chi connectivity index (χ0) is 14.0. The second kappa shape index (κ2) is 5.27. The van der Waals surface area contributed by atoms with Gasteiger partial charge in [-0.05, 0) is 30.3 Å². The van der Waals surface area contributed by atoms with E-state index >= 15 is 0 Å². The Hall–Kier alpha value is -1.46. The van der Waals surface area contributed by atoms with E-state index < -0.39 is 9.84 Å². The molecular weight excluding hydrogens is 284 g/mol. The highest BCUT2D eigenvalue weighted by molar-refractivity contribution is 7.90. The molecule has 0 unspecified atom stereocenters. The maximum Gasteiger partial charge on any atom is 0.175 e. The van der Waals surface area contributed by atoms with Gasteiger partial charge in [0.1, 0.15) is 0 Å². The Morgan fingerprint density at radius 3 is 2.63 bits per heavy atom. The molecule has 0 saturated heterocycles. The van der Waals surface area contributed by atoms with Crippen LogP contribution in [-0.4, -0.2) is 19.2 Å². The molecule has 0 aliphatic rings. The van der Waals surface area contributed by atoms with Crippen molar-refractivity contribution in [1.29, 1.82) is 0 Å². The van der Waals surface area contributed by atoms with Crippen molar-refractivity contribution >= 4 is 27.1 Å². The Kier molecular flexibility index (Phi) is 3.87. The zero-order valence-electron chi connectivity index (χ0n) is 10.7. The van der Waals surface area contributed by atoms with Crippen LogP contribution >= 0.6 is 11.6 Å². The number of nitrogens with zero attached hydrogens (tertiary/aromatic N) is 1. The molecule has 2 aromatic rings. The molecule has 0 atom stereocenters. The van der Waals surface area contributed by atoms with E-state index in [9.17, 15) is 8.42 Å². The summed E-state index contributed by atoms with van der Waals surface area (Å²) >= 11 is 6.06. The summed E-state index contributed by atoms with van der Waals surface area (Å²) in [7, 11) is -1.28. The van der Waals surface area contributed by atoms with Crippen LogP contribution in [0.4, 0.5) is 5.69 Å². The number of hydrogen-bond acceptors (Lipinski definition) is 3. The number of hydrogen-bond donors (Lipinski definition) is 1. The molecule has 0 aliphatic carbocycles. The smallest absolute Gasteiger partial charge is 0.175 e. The second-order valence-electron chi connectivity index (χ2n) is 4.38. The maximum atomic E-state index is 11.5. The van der Waals surface area contributed by atoms with Crippen molar-refractivity contribution in [3.05, 3.63) is 47.2 Å². The van der Waals surface area contributed by atoms with Crippen molar-refractivity contribution in [2.24, 2.45) is 7.05 Å². The van der Waals surface area contributed by atoms with Gasteiger partial charge < -0.3 is 9.88 Å². The molecule has 1 N–H and O–H groups in total. The monoisotopic (exact) mass is 298 g/mol. The van der Waals surface area contributed by atoms with Gasteiger partial charge in [-0.15, -0.1) is 0 Å². The van der Waals surface area contributed by atoms with Crippen molar-refractivity contribution in [3.8, 4) is 0 Å². The Balaban J connectivity index is 2.23. The van der Waals surface area contributed by atoms with Crippen LogP contribution in [0, 0.1) is 0 Å². The average Bonchev–Trinajstić information content (AvgIpc) is 2.72. The van der Waals surface area contributed by atoms with E-state index in [0.29, 0.717) is 17.3 Å². The number of aromatic nitrogens is 1. The predicted molar refractivity (Wildman–Crippen MR) is 77.3 cm³/mol. The lowest BCUT2D eigenvalue weighted by molar-refractivity contribution is 0.602. The first-order valence-electron chi connectivity index (χ1n) is 5.71. The number of halogens is 1. The average molecular weight is 299 g/mol. The largest absolute Gasteiger partial charge is 0.378 e. The van der Waals surface area contributed by atoms with E-state index in [1.165, 1.54) is 12.3 Å². The standard InChI is InChI=1S/C13H15ClN2O2S/c1-16-7-3-4-10(16)9-15-13-8-11(19(2,17)18)5-6-12(13)14/h3-8,15H,9H2,1-2H3. The number of rotatable bonds is 4. The van der Waals surface area contributed by atoms with Crippen LogP contribution in [0.1, 0.15) is 5.69 Å². The molecule has 102 valence electrons. The highest BCUT2D eigenvalue weighted by Gasteiger charge is 2.10. The molecule has 0 fully saturated rings. The SMILES string of the molecule is Cn1cccc1CNc1cc(S(C)(=O)=O)ccc1Cl. The lowest BCUT2D eigenvalue weighted by Gasteiger charge is -2.10. The summed E-state index contributed by atoms with van der Waals surface area (Å²) < 4.78 is 25.0. The first kappa shape index (κ1) is 14.0. The molecular formula is C13H15ClN2O2S. The fraction of sp³-hybridized carbons (Fsp3) is 0.231. The molecule has 1 heterocycles. The molecule has 4 nitrogen and oxygen atoms in total. The third-order valence-electron chi connectivity index (χ3n) is 2.88. The minimum atomic E-state index is -3.23. The Bertz CT molecular complexity index is 692. The van der Waals surface area contributed by atoms with E-state index in [1.807, 2.05) is 29.9 Å². The normalized spacial score (nSPS) is 11.5. The first-order valence-corrected chi connectivity index (χ1v) is 7.98. The Morgan fingerprint density at radius 2 is 2.05 bits per heavy atom. The molecule has 0 spiro atoms. The summed E-state index contributed by atoms with van der Waals surface area (Å²) in [5.41, 5.74) is 1.70. The summed E-state index contributed by atoms with van der Waals surface area (Å²) in [6, 6.07) is 8.59. The van der Waals surface area contributed by atoms with Gasteiger partial charge in [0.2, 0.25) is 0 Å². The molecule has 1 aromatic heterocycles. The topological polar surface area (TPSA) is 51.1 Å². The van der Waals surface area contributed by atoms with Gasteiger partial charge >= 0.3 is 0 Å². The summed E-state index contributed by atoms with van der Waals surface area (Å²) in [6.07, 6.45) is 3.13. The quantitative estimate of drug-likeness (QED) is 0.944. The van der Waals surface area contributed by atoms with Crippen molar-refractivity contribution in [2.45, 2.75) is 11.4 Å². The van der Waals surface area contributed by atoms with Crippen LogP contribution in [0.15, 0.2) is 41.4 Å². The van der Waals surface area contributed by atoms with Crippen LogP contribution in [-0.2, 0) is 23.4 Å². The summed E-state index contributed by atoms with van der Waals surface area (Å²) in [5, 5.41) is 3.65. The van der Waals surface area contributed by atoms with Gasteiger partial charge in [-0.1, -0.05) is 11.6 Å². The lowest BCUT2D eigenvalue weighted by atomic mass is 10.3. The van der Waals surface area contributed by atoms with E-state index in [0.717, 1.165) is 5.69 Å². The summed E-state index contributed by atoms with van der Waals surface area (Å²) in [4.78, 5) is 0.256. The van der Waals surface area contributed by atoms with Gasteiger partial charge in [0.05, 0.1) is 22.2 Å². The molecule has 0 radical (unpaired) electrons. The van der Waals surface area contributed by atoms with Gasteiger partial charge in [0, 0.05) is 25.2 Å². The Labute approximate surface area is 117 Å². The van der Waals surface area contributed by atoms with Gasteiger partial charge in [0.15, 0.2) is 9.84 Å². The number of anilines is 1. The van der Waals surface area contributed by atoms with Crippen LogP contribution < -0.4 is 5.32 Å². The second-order valence-corrected chi connectivity index (χ2v) is 6.80. The number of benzene rings is 1. The van der Waals surface area contributed by atoms with Gasteiger partial charge in [0.25, 0.3) is 0 Å². The molecule has 0 saturated carbocycles. The maximum absolute atomic E-state index is 11.5. The number of sulfone groups is 1. The molecule has 0 aliphatic heterocycles. The zero-order valence-corrected chi connectivity index (χ0v) is 12.3. The lowest BCUT2D eigenvalue weighted by Crippen LogP contribution is -2.05. The highest BCUT2D eigenvalue weighted by Crippen LogP contribution is 2.25. The van der Waals surface area contributed by atoms with Crippen LogP contribution in [0.5, 0.6) is 0 Å². The molecule has 1 aromatic carbocycles. The first-order chi connectivity index (χ1) is 8.88. The van der Waals surface area contributed by atoms with E-state index in [4.69, 9.17) is 11.6 Å². The fourth-order valence-electron chi connectivity index (χ4n) is 1.74. The minimum Gasteiger partial charge on any atom is -0.378 e. The van der Waals surface area contributed by atoms with E-state index in [2.05, 4.69) is 5.32 Å². The van der Waals surface area contributed by atoms with Crippen LogP contribution in [0.2, 0.25) is 5.02 Å². The third kappa shape index (κ3) is 3.30. The van der Waals surface area contributed by atoms with Gasteiger partial charge in [-0.25, -0.2) is 8.42 Å². The Morgan fingerprint density at radius 1 is 1.32 bits per heavy atom. The molecule has 0 bridgehead atoms. The van der Waals surface area contributed by atoms with Crippen LogP contribution in [0.25, 0.3) is 0 Å². The van der Waals surface area contributed by atoms with Crippen molar-refractivity contribution in [1.82, 2.24) is 4.57 Å². The van der Waals surface area contributed by atoms with Crippen molar-refractivity contribution < 1.29 is 8.42 Å². The van der Waals surface area contributed by atoms with Crippen LogP contribution in [0.3, 0.4) is 0 Å². The van der Waals surface area contributed by atoms with E-state index in [1.54, 1.807) is 12.1 Å². The van der Waals surface area contributed by atoms with E-state index in [-0.39, 0.29) is 4.90 Å². The molecule has 0 amide bonds. The summed E-state index contributed by atoms with van der Waals surface area (Å²) in [6.45, 7) is 0.580. The van der Waals surface area contributed by atoms with Crippen molar-refractivity contribution in [2.75, 3.05) is 11.6 Å². The highest BCUT2D eigenvalue weighted by atomic mass is 35.5. The molecule has 2 rings (SSSR count). The van der Waals surface area contributed by atoms with Gasteiger partial charge in [-0.3, -0.25) is 0 Å². The fourth-order valence-corrected chi connectivity index (χ4v) is 2.57. The molecule has 19 heavy (non-hydrogen) atoms. The number of nitrogens with one attached hydrogen (secondary N) is 1. The predicted octanol–water partition coefficient (Wildman–Crippen LogP) is 2.69. The van der Waals surface area contributed by atoms with Crippen molar-refractivity contribution in [3.63, 3.8) is 0 Å². The number of aryl methyl sites for hydroxylation is 1. The van der Waals surface area contributed by atoms with Gasteiger partial charge in [-0.2, -0.15) is 0 Å². The third-order valence-corrected chi connectivity index (χ3v) is 4.32.